The van der Waals surface area contributed by atoms with Crippen LogP contribution in [0, 0.1) is 13.8 Å². The average molecular weight is 652 g/mol. The molecule has 8 bridgehead atoms. The molecule has 0 aromatic carbocycles. The average Bonchev–Trinajstić information content (AvgIpc) is 3.66. The van der Waals surface area contributed by atoms with Gasteiger partial charge < -0.3 is 9.97 Å². The molecule has 3 aromatic heterocycles. The van der Waals surface area contributed by atoms with Gasteiger partial charge in [0, 0.05) is 0 Å². The minimum Gasteiger partial charge on any atom is -0.657 e. The van der Waals surface area contributed by atoms with Gasteiger partial charge >= 0.3 is 17.1 Å². The number of nitrogens with zero attached hydrogens (tertiary/aromatic N) is 4. The molecule has 243 valence electrons. The zero-order chi connectivity index (χ0) is 31.4. The summed E-state index contributed by atoms with van der Waals surface area (Å²) < 4.78 is 0. The second-order valence-corrected chi connectivity index (χ2v) is 12.9. The van der Waals surface area contributed by atoms with Crippen LogP contribution in [0.5, 0.6) is 0 Å². The SMILES string of the molecule is CCCCC1=C(C)c2cc3nc(cc4[n-]c(cc5[n-]c(cc1n2)c(CCCC)c5C)c(C)c4CCCC)C(CCCC)=C3C.[Cu+2]. The third-order valence-electron chi connectivity index (χ3n) is 9.76. The maximum atomic E-state index is 5.29. The Bertz CT molecular complexity index is 1620. The predicted octanol–water partition coefficient (Wildman–Crippen LogP) is 11.1. The Hall–Kier alpha value is -2.88. The van der Waals surface area contributed by atoms with E-state index in [0.29, 0.717) is 0 Å². The van der Waals surface area contributed by atoms with Crippen molar-refractivity contribution in [3.05, 3.63) is 69.3 Å². The number of unbranched alkanes of at least 4 members (excludes halogenated alkanes) is 4. The summed E-state index contributed by atoms with van der Waals surface area (Å²) in [6.07, 6.45) is 13.4. The number of fused-ring (bicyclic) bond motifs is 8. The summed E-state index contributed by atoms with van der Waals surface area (Å²) >= 11 is 0. The van der Waals surface area contributed by atoms with Gasteiger partial charge in [-0.05, 0) is 107 Å². The van der Waals surface area contributed by atoms with E-state index >= 15 is 0 Å². The van der Waals surface area contributed by atoms with E-state index < -0.39 is 0 Å². The molecule has 0 atom stereocenters. The zero-order valence-electron chi connectivity index (χ0n) is 28.9. The van der Waals surface area contributed by atoms with Crippen LogP contribution in [0.25, 0.3) is 44.4 Å². The molecule has 3 aromatic rings. The van der Waals surface area contributed by atoms with Crippen molar-refractivity contribution in [1.82, 2.24) is 19.9 Å². The Balaban J connectivity index is 0.00000461. The largest absolute Gasteiger partial charge is 2.00 e. The molecular formula is C40H52CuN4. The zero-order valence-corrected chi connectivity index (χ0v) is 29.8. The maximum Gasteiger partial charge on any atom is 2.00 e. The van der Waals surface area contributed by atoms with E-state index in [2.05, 4.69) is 79.7 Å². The molecule has 0 N–H and O–H groups in total. The molecule has 2 aliphatic heterocycles. The topological polar surface area (TPSA) is 54.0 Å². The molecule has 5 rings (SSSR count). The van der Waals surface area contributed by atoms with Crippen LogP contribution < -0.4 is 9.97 Å². The first kappa shape index (κ1) is 35.0. The van der Waals surface area contributed by atoms with E-state index in [-0.39, 0.29) is 17.1 Å². The molecule has 0 fully saturated rings. The van der Waals surface area contributed by atoms with Crippen molar-refractivity contribution in [3.8, 4) is 0 Å². The van der Waals surface area contributed by atoms with E-state index in [4.69, 9.17) is 19.9 Å². The molecule has 1 radical (unpaired) electrons. The monoisotopic (exact) mass is 651 g/mol. The fourth-order valence-corrected chi connectivity index (χ4v) is 6.75. The molecule has 0 aliphatic carbocycles. The van der Waals surface area contributed by atoms with E-state index in [9.17, 15) is 0 Å². The van der Waals surface area contributed by atoms with Crippen LogP contribution in [-0.4, -0.2) is 9.97 Å². The van der Waals surface area contributed by atoms with Gasteiger partial charge in [0.25, 0.3) is 0 Å². The molecule has 4 nitrogen and oxygen atoms in total. The van der Waals surface area contributed by atoms with E-state index in [1.165, 1.54) is 44.5 Å². The molecule has 0 saturated carbocycles. The van der Waals surface area contributed by atoms with Crippen LogP contribution >= 0.6 is 0 Å². The van der Waals surface area contributed by atoms with E-state index in [0.717, 1.165) is 122 Å². The third kappa shape index (κ3) is 7.26. The molecule has 45 heavy (non-hydrogen) atoms. The fourth-order valence-electron chi connectivity index (χ4n) is 6.75. The summed E-state index contributed by atoms with van der Waals surface area (Å²) in [5, 5.41) is 0. The Morgan fingerprint density at radius 2 is 0.844 bits per heavy atom. The van der Waals surface area contributed by atoms with Crippen molar-refractivity contribution in [2.45, 2.75) is 132 Å². The second kappa shape index (κ2) is 15.6. The van der Waals surface area contributed by atoms with Gasteiger partial charge in [-0.25, -0.2) is 9.97 Å². The molecule has 0 unspecified atom stereocenters. The summed E-state index contributed by atoms with van der Waals surface area (Å²) in [5.74, 6) is 0. The van der Waals surface area contributed by atoms with Crippen molar-refractivity contribution in [3.63, 3.8) is 0 Å². The molecule has 5 heteroatoms. The summed E-state index contributed by atoms with van der Waals surface area (Å²) in [6, 6.07) is 9.03. The number of hydrogen-bond acceptors (Lipinski definition) is 2. The van der Waals surface area contributed by atoms with Gasteiger partial charge in [0.2, 0.25) is 0 Å². The van der Waals surface area contributed by atoms with Crippen molar-refractivity contribution in [2.75, 3.05) is 0 Å². The standard InChI is InChI=1S/C40H52N4.Cu/c1-9-13-17-29-25(5)33-21-34-27(7)31(19-15-11-3)39(43-34)24-40-32(20-16-12-4)28(8)36(44-40)22-35-26(6)30(18-14-10-2)38(42-35)23-37(29)41-33;/h21-24H,9-20H2,1-8H3;/q-2;+2. The minimum atomic E-state index is 0. The van der Waals surface area contributed by atoms with Crippen molar-refractivity contribution in [2.24, 2.45) is 0 Å². The summed E-state index contributed by atoms with van der Waals surface area (Å²) in [6.45, 7) is 18.1. The predicted molar refractivity (Wildman–Crippen MR) is 190 cm³/mol. The van der Waals surface area contributed by atoms with Crippen molar-refractivity contribution >= 4 is 44.4 Å². The van der Waals surface area contributed by atoms with Gasteiger partial charge in [0.05, 0.1) is 22.8 Å². The molecular weight excluding hydrogens is 600 g/mol. The molecule has 0 amide bonds. The first-order valence-electron chi connectivity index (χ1n) is 17.3. The number of rotatable bonds is 12. The molecule has 5 heterocycles. The minimum absolute atomic E-state index is 0. The Morgan fingerprint density at radius 1 is 0.467 bits per heavy atom. The van der Waals surface area contributed by atoms with Crippen LogP contribution in [-0.2, 0) is 29.9 Å². The number of aromatic nitrogens is 4. The second-order valence-electron chi connectivity index (χ2n) is 12.9. The van der Waals surface area contributed by atoms with Crippen LogP contribution in [0.2, 0.25) is 0 Å². The Morgan fingerprint density at radius 3 is 1.22 bits per heavy atom. The number of aryl methyl sites for hydroxylation is 4. The number of hydrogen-bond donors (Lipinski definition) is 0. The first-order valence-corrected chi connectivity index (χ1v) is 17.3. The third-order valence-corrected chi connectivity index (χ3v) is 9.76. The van der Waals surface area contributed by atoms with Crippen LogP contribution in [0.1, 0.15) is 151 Å². The Labute approximate surface area is 282 Å². The van der Waals surface area contributed by atoms with E-state index in [1.54, 1.807) is 0 Å². The van der Waals surface area contributed by atoms with Gasteiger partial charge in [-0.1, -0.05) is 93.8 Å². The van der Waals surface area contributed by atoms with Gasteiger partial charge in [-0.3, -0.25) is 0 Å². The number of allylic oxidation sites excluding steroid dienone is 4. The Kier molecular flexibility index (Phi) is 12.1. The van der Waals surface area contributed by atoms with Crippen LogP contribution in [0.3, 0.4) is 0 Å². The van der Waals surface area contributed by atoms with Crippen molar-refractivity contribution in [1.29, 1.82) is 0 Å². The summed E-state index contributed by atoms with van der Waals surface area (Å²) in [4.78, 5) is 21.2. The quantitative estimate of drug-likeness (QED) is 0.183. The van der Waals surface area contributed by atoms with E-state index in [1.807, 2.05) is 0 Å². The van der Waals surface area contributed by atoms with Crippen LogP contribution in [0.4, 0.5) is 0 Å². The summed E-state index contributed by atoms with van der Waals surface area (Å²) in [7, 11) is 0. The molecule has 0 saturated heterocycles. The van der Waals surface area contributed by atoms with Crippen LogP contribution in [0.15, 0.2) is 24.3 Å². The molecule has 2 aliphatic rings. The molecule has 0 spiro atoms. The van der Waals surface area contributed by atoms with Gasteiger partial charge in [0.1, 0.15) is 0 Å². The van der Waals surface area contributed by atoms with Gasteiger partial charge in [0.15, 0.2) is 0 Å². The maximum absolute atomic E-state index is 5.29. The van der Waals surface area contributed by atoms with Crippen molar-refractivity contribution < 1.29 is 17.1 Å². The first-order chi connectivity index (χ1) is 21.3. The smallest absolute Gasteiger partial charge is 0.657 e. The normalized spacial score (nSPS) is 13.2. The van der Waals surface area contributed by atoms with Gasteiger partial charge in [-0.15, -0.1) is 22.1 Å². The fraction of sp³-hybridized carbons (Fsp3) is 0.500. The van der Waals surface area contributed by atoms with Gasteiger partial charge in [-0.2, -0.15) is 0 Å². The summed E-state index contributed by atoms with van der Waals surface area (Å²) in [5.41, 5.74) is 19.0.